The van der Waals surface area contributed by atoms with Crippen molar-refractivity contribution in [2.24, 2.45) is 0 Å². The fourth-order valence-electron chi connectivity index (χ4n) is 4.48. The number of hydrogen-bond acceptors (Lipinski definition) is 7. The first-order valence-electron chi connectivity index (χ1n) is 11.2. The summed E-state index contributed by atoms with van der Waals surface area (Å²) in [7, 11) is 3.23. The van der Waals surface area contributed by atoms with Gasteiger partial charge >= 0.3 is 0 Å². The Morgan fingerprint density at radius 2 is 1.85 bits per heavy atom. The third-order valence-corrected chi connectivity index (χ3v) is 6.38. The molecule has 1 aliphatic rings. The van der Waals surface area contributed by atoms with Crippen LogP contribution in [0.5, 0.6) is 11.5 Å². The number of aromatic nitrogens is 4. The summed E-state index contributed by atoms with van der Waals surface area (Å²) in [6.07, 6.45) is 5.43. The van der Waals surface area contributed by atoms with Crippen molar-refractivity contribution in [3.05, 3.63) is 67.5 Å². The van der Waals surface area contributed by atoms with Crippen LogP contribution in [0.2, 0.25) is 0 Å². The van der Waals surface area contributed by atoms with E-state index >= 15 is 0 Å². The second-order valence-electron chi connectivity index (χ2n) is 8.52. The van der Waals surface area contributed by atoms with E-state index in [4.69, 9.17) is 20.3 Å². The lowest BCUT2D eigenvalue weighted by Gasteiger charge is -2.29. The lowest BCUT2D eigenvalue weighted by molar-refractivity contribution is 0.355. The molecule has 0 aliphatic heterocycles. The Balaban J connectivity index is 1.61. The zero-order valence-electron chi connectivity index (χ0n) is 19.4. The largest absolute Gasteiger partial charge is 0.493 e. The minimum atomic E-state index is -0.188. The zero-order valence-corrected chi connectivity index (χ0v) is 19.4. The highest BCUT2D eigenvalue weighted by atomic mass is 16.5. The third kappa shape index (κ3) is 3.71. The summed E-state index contributed by atoms with van der Waals surface area (Å²) in [5.41, 5.74) is 9.65. The molecule has 0 unspecified atom stereocenters. The summed E-state index contributed by atoms with van der Waals surface area (Å²) in [6.45, 7) is 5.49. The molecule has 0 amide bonds. The maximum absolute atomic E-state index is 6.35. The quantitative estimate of drug-likeness (QED) is 0.376. The molecule has 2 aromatic heterocycles. The Morgan fingerprint density at radius 3 is 2.53 bits per heavy atom. The summed E-state index contributed by atoms with van der Waals surface area (Å²) in [6, 6.07) is 16.1. The molecule has 1 fully saturated rings. The minimum Gasteiger partial charge on any atom is -0.493 e. The van der Waals surface area contributed by atoms with Crippen LogP contribution in [0.15, 0.2) is 67.5 Å². The van der Waals surface area contributed by atoms with E-state index in [0.717, 1.165) is 53.9 Å². The first-order valence-corrected chi connectivity index (χ1v) is 11.2. The molecule has 2 N–H and O–H groups in total. The number of benzene rings is 2. The number of ether oxygens (including phenoxy) is 2. The number of methoxy groups -OCH3 is 2. The summed E-state index contributed by atoms with van der Waals surface area (Å²) in [5.74, 6) is 1.68. The van der Waals surface area contributed by atoms with Crippen LogP contribution >= 0.6 is 0 Å². The van der Waals surface area contributed by atoms with Gasteiger partial charge in [-0.25, -0.2) is 14.6 Å². The van der Waals surface area contributed by atoms with Crippen molar-refractivity contribution in [1.82, 2.24) is 19.7 Å². The smallest absolute Gasteiger partial charge is 0.164 e. The van der Waals surface area contributed by atoms with Crippen LogP contribution in [0.4, 0.5) is 11.5 Å². The molecule has 2 aromatic carbocycles. The Labute approximate surface area is 198 Å². The zero-order chi connectivity index (χ0) is 23.7. The molecule has 1 saturated carbocycles. The predicted octanol–water partition coefficient (Wildman–Crippen LogP) is 4.27. The molecule has 8 nitrogen and oxygen atoms in total. The first-order chi connectivity index (χ1) is 16.6. The van der Waals surface area contributed by atoms with Gasteiger partial charge in [0.15, 0.2) is 17.1 Å². The number of para-hydroxylation sites is 1. The number of nitrogens with two attached hydrogens (primary N) is 1. The van der Waals surface area contributed by atoms with Gasteiger partial charge in [-0.2, -0.15) is 5.10 Å². The maximum atomic E-state index is 6.35. The molecular weight excluding hydrogens is 428 g/mol. The number of hydrogen-bond donors (Lipinski definition) is 1. The number of anilines is 2. The van der Waals surface area contributed by atoms with Crippen molar-refractivity contribution in [3.63, 3.8) is 0 Å². The summed E-state index contributed by atoms with van der Waals surface area (Å²) >= 11 is 0. The molecule has 5 rings (SSSR count). The lowest BCUT2D eigenvalue weighted by Crippen LogP contribution is -2.37. The van der Waals surface area contributed by atoms with Gasteiger partial charge in [0.05, 0.1) is 25.1 Å². The van der Waals surface area contributed by atoms with E-state index in [1.807, 2.05) is 35.0 Å². The number of nitrogen functional groups attached to an aromatic ring is 1. The summed E-state index contributed by atoms with van der Waals surface area (Å²) in [4.78, 5) is 11.2. The molecule has 0 radical (unpaired) electrons. The maximum Gasteiger partial charge on any atom is 0.164 e. The summed E-state index contributed by atoms with van der Waals surface area (Å²) in [5, 5.41) is 5.82. The van der Waals surface area contributed by atoms with Crippen molar-refractivity contribution < 1.29 is 9.47 Å². The van der Waals surface area contributed by atoms with Gasteiger partial charge in [-0.3, -0.25) is 0 Å². The second kappa shape index (κ2) is 8.70. The molecule has 4 aromatic rings. The van der Waals surface area contributed by atoms with Crippen LogP contribution in [0.25, 0.3) is 22.3 Å². The van der Waals surface area contributed by atoms with E-state index in [0.29, 0.717) is 17.3 Å². The van der Waals surface area contributed by atoms with Gasteiger partial charge in [0.25, 0.3) is 0 Å². The van der Waals surface area contributed by atoms with E-state index in [-0.39, 0.29) is 5.54 Å². The Hall–Kier alpha value is -4.07. The van der Waals surface area contributed by atoms with Crippen LogP contribution < -0.4 is 20.1 Å². The van der Waals surface area contributed by atoms with Crippen molar-refractivity contribution in [2.75, 3.05) is 37.9 Å². The van der Waals surface area contributed by atoms with Gasteiger partial charge in [-0.05, 0) is 43.2 Å². The number of rotatable bonds is 9. The molecule has 8 heteroatoms. The molecule has 2 heterocycles. The highest BCUT2D eigenvalue weighted by Crippen LogP contribution is 2.47. The predicted molar refractivity (Wildman–Crippen MR) is 134 cm³/mol. The minimum absolute atomic E-state index is 0.188. The number of nitrogens with zero attached hydrogens (tertiary/aromatic N) is 5. The second-order valence-corrected chi connectivity index (χ2v) is 8.52. The van der Waals surface area contributed by atoms with Gasteiger partial charge in [0.1, 0.15) is 17.8 Å². The van der Waals surface area contributed by atoms with Gasteiger partial charge in [0, 0.05) is 24.3 Å². The Bertz CT molecular complexity index is 1330. The van der Waals surface area contributed by atoms with E-state index in [1.165, 1.54) is 6.33 Å². The molecule has 0 saturated heterocycles. The van der Waals surface area contributed by atoms with Gasteiger partial charge in [0.2, 0.25) is 0 Å². The molecular formula is C26H28N6O2. The van der Waals surface area contributed by atoms with Crippen molar-refractivity contribution in [1.29, 1.82) is 0 Å². The molecule has 174 valence electrons. The van der Waals surface area contributed by atoms with E-state index in [1.54, 1.807) is 14.2 Å². The van der Waals surface area contributed by atoms with Gasteiger partial charge in [-0.1, -0.05) is 24.3 Å². The summed E-state index contributed by atoms with van der Waals surface area (Å²) < 4.78 is 13.0. The Kier molecular flexibility index (Phi) is 5.57. The van der Waals surface area contributed by atoms with E-state index < -0.39 is 0 Å². The van der Waals surface area contributed by atoms with Crippen LogP contribution in [0.3, 0.4) is 0 Å². The third-order valence-electron chi connectivity index (χ3n) is 6.38. The highest BCUT2D eigenvalue weighted by Gasteiger charge is 2.48. The monoisotopic (exact) mass is 456 g/mol. The normalized spacial score (nSPS) is 14.1. The standard InChI is InChI=1S/C26H28N6O2/c1-4-14-31(19-8-6-5-7-9-19)16-26(12-13-26)32-25-22(24(27)28-17-29-25)23(30-32)18-10-11-20(33-2)21(15-18)34-3/h4-11,15,17H,1,12-14,16H2,2-3H3,(H2,27,28,29). The molecule has 1 aliphatic carbocycles. The van der Waals surface area contributed by atoms with E-state index in [9.17, 15) is 0 Å². The van der Waals surface area contributed by atoms with Crippen molar-refractivity contribution >= 4 is 22.5 Å². The fraction of sp³-hybridized carbons (Fsp3) is 0.269. The highest BCUT2D eigenvalue weighted by molar-refractivity contribution is 5.98. The van der Waals surface area contributed by atoms with Crippen LogP contribution in [-0.4, -0.2) is 47.1 Å². The van der Waals surface area contributed by atoms with E-state index in [2.05, 4.69) is 45.7 Å². The molecule has 34 heavy (non-hydrogen) atoms. The Morgan fingerprint density at radius 1 is 1.09 bits per heavy atom. The van der Waals surface area contributed by atoms with Crippen molar-refractivity contribution in [3.8, 4) is 22.8 Å². The topological polar surface area (TPSA) is 91.3 Å². The van der Waals surface area contributed by atoms with Crippen LogP contribution in [0.1, 0.15) is 12.8 Å². The van der Waals surface area contributed by atoms with Gasteiger partial charge in [-0.15, -0.1) is 6.58 Å². The van der Waals surface area contributed by atoms with Crippen LogP contribution in [0, 0.1) is 0 Å². The SMILES string of the molecule is C=CCN(CC1(n2nc(-c3ccc(OC)c(OC)c3)c3c(N)ncnc32)CC1)c1ccccc1. The fourth-order valence-corrected chi connectivity index (χ4v) is 4.48. The van der Waals surface area contributed by atoms with Crippen molar-refractivity contribution in [2.45, 2.75) is 18.4 Å². The number of fused-ring (bicyclic) bond motifs is 1. The molecule has 0 bridgehead atoms. The molecule has 0 spiro atoms. The first kappa shape index (κ1) is 21.8. The molecule has 0 atom stereocenters. The average molecular weight is 457 g/mol. The average Bonchev–Trinajstić information content (AvgIpc) is 3.54. The van der Waals surface area contributed by atoms with Crippen LogP contribution in [-0.2, 0) is 5.54 Å². The lowest BCUT2D eigenvalue weighted by atomic mass is 10.1. The van der Waals surface area contributed by atoms with Gasteiger partial charge < -0.3 is 20.1 Å².